The van der Waals surface area contributed by atoms with Crippen LogP contribution in [0.2, 0.25) is 0 Å². The number of anilines is 3. The predicted molar refractivity (Wildman–Crippen MR) is 102 cm³/mol. The Bertz CT molecular complexity index is 674. The maximum Gasteiger partial charge on any atom is 0.0726 e. The Labute approximate surface area is 144 Å². The summed E-state index contributed by atoms with van der Waals surface area (Å²) in [5, 5.41) is 3.47. The molecule has 0 bridgehead atoms. The van der Waals surface area contributed by atoms with Crippen molar-refractivity contribution in [3.8, 4) is 0 Å². The average molecular weight is 325 g/mol. The van der Waals surface area contributed by atoms with Gasteiger partial charge >= 0.3 is 0 Å². The molecular formula is C20H27N3O. The van der Waals surface area contributed by atoms with Crippen molar-refractivity contribution in [1.82, 2.24) is 0 Å². The van der Waals surface area contributed by atoms with Crippen LogP contribution in [-0.4, -0.2) is 25.3 Å². The van der Waals surface area contributed by atoms with Crippen LogP contribution in [-0.2, 0) is 11.3 Å². The molecule has 2 atom stereocenters. The second-order valence-electron chi connectivity index (χ2n) is 6.75. The van der Waals surface area contributed by atoms with E-state index in [1.807, 2.05) is 13.0 Å². The van der Waals surface area contributed by atoms with Crippen molar-refractivity contribution < 1.29 is 4.74 Å². The zero-order valence-electron chi connectivity index (χ0n) is 14.8. The highest BCUT2D eigenvalue weighted by molar-refractivity contribution is 5.56. The number of benzene rings is 2. The number of ether oxygens (including phenoxy) is 1. The second kappa shape index (κ2) is 7.14. The van der Waals surface area contributed by atoms with Gasteiger partial charge in [0.1, 0.15) is 0 Å². The first kappa shape index (κ1) is 16.7. The van der Waals surface area contributed by atoms with E-state index in [9.17, 15) is 0 Å². The van der Waals surface area contributed by atoms with Crippen LogP contribution in [0, 0.1) is 6.92 Å². The zero-order chi connectivity index (χ0) is 17.1. The lowest BCUT2D eigenvalue weighted by Crippen LogP contribution is -2.45. The smallest absolute Gasteiger partial charge is 0.0726 e. The van der Waals surface area contributed by atoms with Crippen LogP contribution in [0.5, 0.6) is 0 Å². The predicted octanol–water partition coefficient (Wildman–Crippen LogP) is 3.80. The third-order valence-electron chi connectivity index (χ3n) is 4.48. The Balaban J connectivity index is 1.61. The van der Waals surface area contributed by atoms with E-state index in [0.29, 0.717) is 0 Å². The van der Waals surface area contributed by atoms with E-state index < -0.39 is 0 Å². The number of nitrogen functional groups attached to an aromatic ring is 1. The maximum atomic E-state index is 5.87. The van der Waals surface area contributed by atoms with E-state index in [2.05, 4.69) is 60.5 Å². The van der Waals surface area contributed by atoms with E-state index in [0.717, 1.165) is 36.6 Å². The lowest BCUT2D eigenvalue weighted by atomic mass is 10.1. The fraction of sp³-hybridized carbons (Fsp3) is 0.400. The number of nitrogens with one attached hydrogen (secondary N) is 1. The van der Waals surface area contributed by atoms with Crippen molar-refractivity contribution in [2.75, 3.05) is 29.0 Å². The number of nitrogens with two attached hydrogens (primary N) is 1. The number of nitrogens with zero attached hydrogens (tertiary/aromatic N) is 1. The van der Waals surface area contributed by atoms with Crippen molar-refractivity contribution >= 4 is 17.1 Å². The van der Waals surface area contributed by atoms with Gasteiger partial charge in [-0.2, -0.15) is 0 Å². The first-order valence-corrected chi connectivity index (χ1v) is 8.60. The molecule has 0 saturated carbocycles. The van der Waals surface area contributed by atoms with Gasteiger partial charge in [0.25, 0.3) is 0 Å². The standard InChI is InChI=1S/C20H27N3O/c1-14-10-17(4-9-20(14)21)11-22-18-5-7-19(8-6-18)23-12-15(2)24-16(3)13-23/h4-10,15-16,22H,11-13,21H2,1-3H3/t15-,16+. The van der Waals surface area contributed by atoms with Crippen LogP contribution < -0.4 is 16.0 Å². The first-order chi connectivity index (χ1) is 11.5. The van der Waals surface area contributed by atoms with Crippen molar-refractivity contribution in [1.29, 1.82) is 0 Å². The Morgan fingerprint density at radius 1 is 1.08 bits per heavy atom. The van der Waals surface area contributed by atoms with Gasteiger partial charge in [0.2, 0.25) is 0 Å². The van der Waals surface area contributed by atoms with Crippen LogP contribution in [0.15, 0.2) is 42.5 Å². The fourth-order valence-electron chi connectivity index (χ4n) is 3.23. The highest BCUT2D eigenvalue weighted by Crippen LogP contribution is 2.23. The molecule has 0 amide bonds. The minimum atomic E-state index is 0.278. The van der Waals surface area contributed by atoms with E-state index in [-0.39, 0.29) is 12.2 Å². The number of hydrogen-bond donors (Lipinski definition) is 2. The Morgan fingerprint density at radius 3 is 2.38 bits per heavy atom. The van der Waals surface area contributed by atoms with Gasteiger partial charge in [-0.15, -0.1) is 0 Å². The number of aryl methyl sites for hydroxylation is 1. The lowest BCUT2D eigenvalue weighted by molar-refractivity contribution is -0.00521. The van der Waals surface area contributed by atoms with Gasteiger partial charge in [-0.3, -0.25) is 0 Å². The van der Waals surface area contributed by atoms with E-state index >= 15 is 0 Å². The molecule has 1 fully saturated rings. The van der Waals surface area contributed by atoms with Crippen LogP contribution in [0.1, 0.15) is 25.0 Å². The first-order valence-electron chi connectivity index (χ1n) is 8.60. The Morgan fingerprint density at radius 2 is 1.75 bits per heavy atom. The number of rotatable bonds is 4. The molecule has 2 aromatic carbocycles. The van der Waals surface area contributed by atoms with Gasteiger partial charge in [0, 0.05) is 36.7 Å². The molecule has 4 nitrogen and oxygen atoms in total. The van der Waals surface area contributed by atoms with E-state index in [1.165, 1.54) is 11.3 Å². The second-order valence-corrected chi connectivity index (χ2v) is 6.75. The molecule has 4 heteroatoms. The largest absolute Gasteiger partial charge is 0.399 e. The lowest BCUT2D eigenvalue weighted by Gasteiger charge is -2.36. The summed E-state index contributed by atoms with van der Waals surface area (Å²) in [6.45, 7) is 8.99. The molecule has 0 unspecified atom stereocenters. The monoisotopic (exact) mass is 325 g/mol. The van der Waals surface area contributed by atoms with Gasteiger partial charge in [-0.1, -0.05) is 12.1 Å². The van der Waals surface area contributed by atoms with Gasteiger partial charge in [-0.05, 0) is 62.2 Å². The molecule has 3 N–H and O–H groups in total. The normalized spacial score (nSPS) is 20.9. The summed E-state index contributed by atoms with van der Waals surface area (Å²) in [4.78, 5) is 2.39. The summed E-state index contributed by atoms with van der Waals surface area (Å²) >= 11 is 0. The van der Waals surface area contributed by atoms with Crippen LogP contribution in [0.25, 0.3) is 0 Å². The van der Waals surface area contributed by atoms with Gasteiger partial charge in [0.15, 0.2) is 0 Å². The molecule has 1 aliphatic heterocycles. The SMILES string of the molecule is Cc1cc(CNc2ccc(N3C[C@@H](C)O[C@@H](C)C3)cc2)ccc1N. The highest BCUT2D eigenvalue weighted by atomic mass is 16.5. The molecule has 2 aromatic rings. The summed E-state index contributed by atoms with van der Waals surface area (Å²) in [6.07, 6.45) is 0.556. The molecule has 0 spiro atoms. The van der Waals surface area contributed by atoms with Crippen LogP contribution >= 0.6 is 0 Å². The molecule has 0 radical (unpaired) electrons. The van der Waals surface area contributed by atoms with Gasteiger partial charge in [0.05, 0.1) is 12.2 Å². The van der Waals surface area contributed by atoms with Crippen molar-refractivity contribution in [2.45, 2.75) is 39.5 Å². The Hall–Kier alpha value is -2.20. The fourth-order valence-corrected chi connectivity index (χ4v) is 3.23. The summed E-state index contributed by atoms with van der Waals surface area (Å²) in [5.74, 6) is 0. The van der Waals surface area contributed by atoms with Crippen molar-refractivity contribution in [3.05, 3.63) is 53.6 Å². The molecule has 1 heterocycles. The maximum absolute atomic E-state index is 5.87. The van der Waals surface area contributed by atoms with E-state index in [1.54, 1.807) is 0 Å². The molecule has 128 valence electrons. The van der Waals surface area contributed by atoms with Gasteiger partial charge < -0.3 is 20.7 Å². The molecule has 0 aromatic heterocycles. The van der Waals surface area contributed by atoms with Crippen LogP contribution in [0.3, 0.4) is 0 Å². The van der Waals surface area contributed by atoms with Crippen molar-refractivity contribution in [2.24, 2.45) is 0 Å². The number of morpholine rings is 1. The van der Waals surface area contributed by atoms with Gasteiger partial charge in [-0.25, -0.2) is 0 Å². The van der Waals surface area contributed by atoms with Crippen molar-refractivity contribution in [3.63, 3.8) is 0 Å². The summed E-state index contributed by atoms with van der Waals surface area (Å²) in [7, 11) is 0. The minimum Gasteiger partial charge on any atom is -0.399 e. The minimum absolute atomic E-state index is 0.278. The molecule has 1 saturated heterocycles. The number of hydrogen-bond acceptors (Lipinski definition) is 4. The summed E-state index contributed by atoms with van der Waals surface area (Å²) < 4.78 is 5.80. The Kier molecular flexibility index (Phi) is 4.95. The third kappa shape index (κ3) is 4.01. The average Bonchev–Trinajstić information content (AvgIpc) is 2.55. The molecular weight excluding hydrogens is 298 g/mol. The third-order valence-corrected chi connectivity index (χ3v) is 4.48. The molecule has 24 heavy (non-hydrogen) atoms. The quantitative estimate of drug-likeness (QED) is 0.840. The molecule has 0 aliphatic carbocycles. The molecule has 1 aliphatic rings. The van der Waals surface area contributed by atoms with Crippen LogP contribution in [0.4, 0.5) is 17.1 Å². The molecule has 3 rings (SSSR count). The topological polar surface area (TPSA) is 50.5 Å². The summed E-state index contributed by atoms with van der Waals surface area (Å²) in [5.41, 5.74) is 11.5. The zero-order valence-corrected chi connectivity index (χ0v) is 14.8. The summed E-state index contributed by atoms with van der Waals surface area (Å²) in [6, 6.07) is 14.8. The van der Waals surface area contributed by atoms with E-state index in [4.69, 9.17) is 10.5 Å². The highest BCUT2D eigenvalue weighted by Gasteiger charge is 2.22.